The van der Waals surface area contributed by atoms with Crippen molar-refractivity contribution < 1.29 is 13.2 Å². The highest BCUT2D eigenvalue weighted by molar-refractivity contribution is 7.89. The number of rotatable bonds is 3. The molecule has 0 unspecified atom stereocenters. The van der Waals surface area contributed by atoms with Crippen molar-refractivity contribution in [3.8, 4) is 0 Å². The molecular formula is C11H19N3O3S. The van der Waals surface area contributed by atoms with Crippen LogP contribution in [0, 0.1) is 0 Å². The van der Waals surface area contributed by atoms with Gasteiger partial charge in [0, 0.05) is 12.8 Å². The summed E-state index contributed by atoms with van der Waals surface area (Å²) in [6.45, 7) is 7.63. The highest BCUT2D eigenvalue weighted by atomic mass is 32.2. The van der Waals surface area contributed by atoms with Crippen LogP contribution in [-0.4, -0.2) is 38.9 Å². The van der Waals surface area contributed by atoms with E-state index in [2.05, 4.69) is 16.7 Å². The molecule has 0 aromatic rings. The van der Waals surface area contributed by atoms with E-state index in [1.165, 1.54) is 0 Å². The molecule has 0 aromatic carbocycles. The van der Waals surface area contributed by atoms with Crippen LogP contribution in [-0.2, 0) is 14.8 Å². The molecule has 0 bridgehead atoms. The van der Waals surface area contributed by atoms with Gasteiger partial charge in [0.1, 0.15) is 11.4 Å². The van der Waals surface area contributed by atoms with E-state index >= 15 is 0 Å². The molecular weight excluding hydrogens is 254 g/mol. The number of ether oxygens (including phenoxy) is 1. The minimum absolute atomic E-state index is 0.259. The van der Waals surface area contributed by atoms with Gasteiger partial charge in [-0.1, -0.05) is 5.57 Å². The first-order chi connectivity index (χ1) is 8.36. The predicted molar refractivity (Wildman–Crippen MR) is 72.3 cm³/mol. The second-order valence-corrected chi connectivity index (χ2v) is 6.20. The van der Waals surface area contributed by atoms with Gasteiger partial charge >= 0.3 is 0 Å². The summed E-state index contributed by atoms with van der Waals surface area (Å²) < 4.78 is 28.5. The van der Waals surface area contributed by atoms with Crippen LogP contribution in [0.15, 0.2) is 21.8 Å². The Balaban J connectivity index is 3.05. The lowest BCUT2D eigenvalue weighted by molar-refractivity contribution is 0.0607. The van der Waals surface area contributed by atoms with Crippen molar-refractivity contribution in [2.45, 2.75) is 38.0 Å². The van der Waals surface area contributed by atoms with Crippen LogP contribution in [0.2, 0.25) is 0 Å². The molecule has 0 radical (unpaired) electrons. The molecule has 1 rings (SSSR count). The number of hydrogen-bond acceptors (Lipinski definition) is 4. The molecule has 18 heavy (non-hydrogen) atoms. The summed E-state index contributed by atoms with van der Waals surface area (Å²) in [6.07, 6.45) is 1.97. The quantitative estimate of drug-likeness (QED) is 0.610. The van der Waals surface area contributed by atoms with Crippen molar-refractivity contribution in [2.75, 3.05) is 6.61 Å². The van der Waals surface area contributed by atoms with E-state index in [1.807, 2.05) is 13.8 Å². The zero-order valence-electron chi connectivity index (χ0n) is 10.7. The van der Waals surface area contributed by atoms with Gasteiger partial charge in [0.2, 0.25) is 10.0 Å². The fourth-order valence-electron chi connectivity index (χ4n) is 1.73. The van der Waals surface area contributed by atoms with Gasteiger partial charge in [-0.2, -0.15) is 0 Å². The van der Waals surface area contributed by atoms with E-state index in [-0.39, 0.29) is 5.84 Å². The van der Waals surface area contributed by atoms with E-state index in [1.54, 1.807) is 6.20 Å². The molecule has 1 heterocycles. The summed E-state index contributed by atoms with van der Waals surface area (Å²) in [6, 6.07) is 0. The van der Waals surface area contributed by atoms with Crippen LogP contribution in [0.25, 0.3) is 0 Å². The maximum Gasteiger partial charge on any atom is 0.215 e. The number of nitrogens with zero attached hydrogens (tertiary/aromatic N) is 2. The summed E-state index contributed by atoms with van der Waals surface area (Å²) in [5.74, 6) is 0.259. The van der Waals surface area contributed by atoms with Gasteiger partial charge in [0.15, 0.2) is 5.84 Å². The van der Waals surface area contributed by atoms with Gasteiger partial charge in [0.05, 0.1) is 0 Å². The topological polar surface area (TPSA) is 94.1 Å². The number of hydrogen-bond donors (Lipinski definition) is 1. The largest absolute Gasteiger partial charge is 0.369 e. The van der Waals surface area contributed by atoms with Gasteiger partial charge < -0.3 is 4.74 Å². The number of aliphatic imine (C=N–C) groups is 2. The van der Waals surface area contributed by atoms with Gasteiger partial charge in [-0.15, -0.1) is 0 Å². The Hall–Kier alpha value is -1.05. The number of primary sulfonamides is 1. The van der Waals surface area contributed by atoms with Gasteiger partial charge in [-0.25, -0.2) is 23.5 Å². The molecule has 0 aromatic heterocycles. The van der Waals surface area contributed by atoms with Crippen LogP contribution in [0.5, 0.6) is 0 Å². The molecule has 1 fully saturated rings. The zero-order chi connectivity index (χ0) is 13.8. The minimum Gasteiger partial charge on any atom is -0.369 e. The molecule has 1 aliphatic heterocycles. The van der Waals surface area contributed by atoms with Gasteiger partial charge in [0.25, 0.3) is 0 Å². The third kappa shape index (κ3) is 4.01. The van der Waals surface area contributed by atoms with E-state index in [0.717, 1.165) is 5.57 Å². The lowest BCUT2D eigenvalue weighted by atomic mass is 10.1. The Bertz CT molecular complexity index is 464. The summed E-state index contributed by atoms with van der Waals surface area (Å²) in [5, 5.41) is 4.40. The Morgan fingerprint density at radius 1 is 1.50 bits per heavy atom. The lowest BCUT2D eigenvalue weighted by Crippen LogP contribution is -2.47. The summed E-state index contributed by atoms with van der Waals surface area (Å²) >= 11 is 0. The van der Waals surface area contributed by atoms with Crippen molar-refractivity contribution in [1.29, 1.82) is 0 Å². The Labute approximate surface area is 108 Å². The van der Waals surface area contributed by atoms with Crippen LogP contribution >= 0.6 is 0 Å². The normalized spacial score (nSPS) is 25.6. The lowest BCUT2D eigenvalue weighted by Gasteiger charge is -2.29. The maximum absolute atomic E-state index is 11.5. The van der Waals surface area contributed by atoms with E-state index in [9.17, 15) is 8.42 Å². The Kier molecular flexibility index (Phi) is 5.18. The first kappa shape index (κ1) is 15.0. The van der Waals surface area contributed by atoms with Crippen molar-refractivity contribution >= 4 is 22.6 Å². The van der Waals surface area contributed by atoms with E-state index in [0.29, 0.717) is 19.4 Å². The van der Waals surface area contributed by atoms with Crippen LogP contribution in [0.1, 0.15) is 26.7 Å². The average molecular weight is 273 g/mol. The maximum atomic E-state index is 11.5. The van der Waals surface area contributed by atoms with Crippen LogP contribution in [0.4, 0.5) is 0 Å². The summed E-state index contributed by atoms with van der Waals surface area (Å²) in [5.41, 5.74) is 0.971. The molecule has 0 aliphatic carbocycles. The van der Waals surface area contributed by atoms with E-state index < -0.39 is 21.4 Å². The van der Waals surface area contributed by atoms with Crippen molar-refractivity contribution in [3.05, 3.63) is 11.8 Å². The number of allylic oxidation sites excluding steroid dienone is 1. The van der Waals surface area contributed by atoms with Gasteiger partial charge in [-0.3, -0.25) is 0 Å². The first-order valence-corrected chi connectivity index (χ1v) is 7.28. The molecule has 7 heteroatoms. The fourth-order valence-corrected chi connectivity index (χ4v) is 2.77. The van der Waals surface area contributed by atoms with Crippen molar-refractivity contribution in [3.63, 3.8) is 0 Å². The highest BCUT2D eigenvalue weighted by Crippen LogP contribution is 2.21. The molecule has 0 saturated carbocycles. The molecule has 2 N–H and O–H groups in total. The number of sulfonamides is 1. The summed E-state index contributed by atoms with van der Waals surface area (Å²) in [4.78, 5) is 7.87. The summed E-state index contributed by atoms with van der Waals surface area (Å²) in [7, 11) is -3.68. The number of amidine groups is 1. The highest BCUT2D eigenvalue weighted by Gasteiger charge is 2.37. The van der Waals surface area contributed by atoms with Crippen LogP contribution < -0.4 is 5.14 Å². The zero-order valence-corrected chi connectivity index (χ0v) is 11.5. The Morgan fingerprint density at radius 3 is 2.67 bits per heavy atom. The SMILES string of the molecule is C=NC(=NC=C(C)C)[C@@H]1OCCC[C@@H]1S(N)(=O)=O. The minimum atomic E-state index is -3.68. The molecule has 2 atom stereocenters. The van der Waals surface area contributed by atoms with Crippen molar-refractivity contribution in [1.82, 2.24) is 0 Å². The second-order valence-electron chi connectivity index (χ2n) is 4.41. The van der Waals surface area contributed by atoms with Crippen LogP contribution in [0.3, 0.4) is 0 Å². The smallest absolute Gasteiger partial charge is 0.215 e. The first-order valence-electron chi connectivity index (χ1n) is 5.67. The standard InChI is InChI=1S/C11H19N3O3S/c1-8(2)7-14-11(13-3)10-9(18(12,15)16)5-4-6-17-10/h7,9-10H,3-6H2,1-2H3,(H2,12,15,16)/t9-,10+/m0/s1. The average Bonchev–Trinajstić information content (AvgIpc) is 2.29. The second kappa shape index (κ2) is 6.21. The molecule has 0 spiro atoms. The molecule has 102 valence electrons. The third-order valence-electron chi connectivity index (χ3n) is 2.56. The molecule has 6 nitrogen and oxygen atoms in total. The molecule has 0 amide bonds. The van der Waals surface area contributed by atoms with Crippen molar-refractivity contribution in [2.24, 2.45) is 15.1 Å². The molecule has 1 saturated heterocycles. The van der Waals surface area contributed by atoms with E-state index in [4.69, 9.17) is 9.88 Å². The van der Waals surface area contributed by atoms with Gasteiger partial charge in [-0.05, 0) is 33.4 Å². The fraction of sp³-hybridized carbons (Fsp3) is 0.636. The monoisotopic (exact) mass is 273 g/mol. The predicted octanol–water partition coefficient (Wildman–Crippen LogP) is 0.845. The third-order valence-corrected chi connectivity index (χ3v) is 3.89. The Morgan fingerprint density at radius 2 is 2.17 bits per heavy atom. The molecule has 1 aliphatic rings. The number of nitrogens with two attached hydrogens (primary N) is 1.